The van der Waals surface area contributed by atoms with Crippen LogP contribution < -0.4 is 15.4 Å². The van der Waals surface area contributed by atoms with Crippen LogP contribution in [0.5, 0.6) is 5.75 Å². The molecule has 0 saturated carbocycles. The molecule has 4 rings (SSSR count). The minimum absolute atomic E-state index is 0.104. The highest BCUT2D eigenvalue weighted by Crippen LogP contribution is 2.34. The third-order valence-corrected chi connectivity index (χ3v) is 5.39. The summed E-state index contributed by atoms with van der Waals surface area (Å²) in [4.78, 5) is 23.6. The van der Waals surface area contributed by atoms with Crippen LogP contribution in [0.25, 0.3) is 10.9 Å². The van der Waals surface area contributed by atoms with Gasteiger partial charge in [-0.15, -0.1) is 0 Å². The summed E-state index contributed by atoms with van der Waals surface area (Å²) in [5.74, 6) is -0.642. The largest absolute Gasteiger partial charge is 0.496 e. The van der Waals surface area contributed by atoms with E-state index in [9.17, 15) is 27.9 Å². The average Bonchev–Trinajstić information content (AvgIpc) is 3.20. The highest BCUT2D eigenvalue weighted by Gasteiger charge is 2.33. The summed E-state index contributed by atoms with van der Waals surface area (Å²) in [6, 6.07) is 15.5. The smallest absolute Gasteiger partial charge is 0.418 e. The van der Waals surface area contributed by atoms with E-state index in [0.717, 1.165) is 22.5 Å². The Bertz CT molecular complexity index is 1410. The molecule has 10 heteroatoms. The molecule has 1 heterocycles. The topological polar surface area (TPSA) is 92.6 Å². The van der Waals surface area contributed by atoms with Crippen LogP contribution in [0.15, 0.2) is 72.9 Å². The number of alkyl halides is 3. The number of carbonyl (C=O) groups is 2. The number of fused-ring (bicyclic) bond motifs is 1. The van der Waals surface area contributed by atoms with Crippen LogP contribution >= 0.6 is 0 Å². The Labute approximate surface area is 197 Å². The lowest BCUT2D eigenvalue weighted by Crippen LogP contribution is -2.21. The first-order valence-electron chi connectivity index (χ1n) is 10.4. The first-order valence-corrected chi connectivity index (χ1v) is 10.4. The van der Waals surface area contributed by atoms with E-state index in [0.29, 0.717) is 18.0 Å². The molecule has 4 aromatic rings. The summed E-state index contributed by atoms with van der Waals surface area (Å²) in [7, 11) is 1.45. The van der Waals surface area contributed by atoms with Crippen molar-refractivity contribution < 1.29 is 32.6 Å². The van der Waals surface area contributed by atoms with Gasteiger partial charge in [0.2, 0.25) is 0 Å². The van der Waals surface area contributed by atoms with Gasteiger partial charge in [-0.3, -0.25) is 0 Å². The number of urea groups is 1. The molecule has 0 unspecified atom stereocenters. The number of nitrogens with zero attached hydrogens (tertiary/aromatic N) is 1. The van der Waals surface area contributed by atoms with Crippen molar-refractivity contribution in [3.05, 3.63) is 89.6 Å². The number of aromatic carboxylic acids is 1. The molecule has 0 aliphatic rings. The SMILES string of the molecule is COc1cc(C(=O)O)ccc1Cn1ccc2ccc(NC(=O)Nc3ccccc3C(F)(F)F)cc21. The summed E-state index contributed by atoms with van der Waals surface area (Å²) in [5, 5.41) is 14.9. The van der Waals surface area contributed by atoms with Gasteiger partial charge in [0.25, 0.3) is 0 Å². The van der Waals surface area contributed by atoms with Gasteiger partial charge in [0, 0.05) is 17.4 Å². The molecule has 0 radical (unpaired) electrons. The van der Waals surface area contributed by atoms with Crippen molar-refractivity contribution >= 4 is 34.3 Å². The van der Waals surface area contributed by atoms with Gasteiger partial charge < -0.3 is 25.0 Å². The van der Waals surface area contributed by atoms with E-state index in [1.54, 1.807) is 24.3 Å². The maximum Gasteiger partial charge on any atom is 0.418 e. The summed E-state index contributed by atoms with van der Waals surface area (Å²) >= 11 is 0. The Kier molecular flexibility index (Phi) is 6.37. The van der Waals surface area contributed by atoms with Crippen LogP contribution in [0.2, 0.25) is 0 Å². The molecule has 0 aliphatic heterocycles. The molecule has 0 fully saturated rings. The number of carboxylic acid groups (broad SMARTS) is 1. The molecule has 3 aromatic carbocycles. The van der Waals surface area contributed by atoms with E-state index in [-0.39, 0.29) is 11.3 Å². The fourth-order valence-corrected chi connectivity index (χ4v) is 3.72. The lowest BCUT2D eigenvalue weighted by molar-refractivity contribution is -0.136. The van der Waals surface area contributed by atoms with Gasteiger partial charge in [-0.25, -0.2) is 9.59 Å². The number of aromatic nitrogens is 1. The van der Waals surface area contributed by atoms with Gasteiger partial charge in [0.05, 0.1) is 36.0 Å². The van der Waals surface area contributed by atoms with Gasteiger partial charge >= 0.3 is 18.2 Å². The molecular weight excluding hydrogens is 463 g/mol. The first kappa shape index (κ1) is 23.7. The second-order valence-electron chi connectivity index (χ2n) is 7.67. The van der Waals surface area contributed by atoms with E-state index >= 15 is 0 Å². The molecule has 3 N–H and O–H groups in total. The quantitative estimate of drug-likeness (QED) is 0.311. The zero-order valence-electron chi connectivity index (χ0n) is 18.4. The minimum atomic E-state index is -4.60. The molecule has 0 bridgehead atoms. The fourth-order valence-electron chi connectivity index (χ4n) is 3.72. The number of benzene rings is 3. The Morgan fingerprint density at radius 1 is 1.00 bits per heavy atom. The van der Waals surface area contributed by atoms with Crippen molar-refractivity contribution in [2.24, 2.45) is 0 Å². The van der Waals surface area contributed by atoms with Crippen molar-refractivity contribution in [1.82, 2.24) is 4.57 Å². The van der Waals surface area contributed by atoms with Crippen LogP contribution in [0.1, 0.15) is 21.5 Å². The highest BCUT2D eigenvalue weighted by atomic mass is 19.4. The van der Waals surface area contributed by atoms with Crippen molar-refractivity contribution in [3.63, 3.8) is 0 Å². The van der Waals surface area contributed by atoms with E-state index < -0.39 is 23.7 Å². The molecule has 0 spiro atoms. The van der Waals surface area contributed by atoms with Crippen LogP contribution in [0.3, 0.4) is 0 Å². The van der Waals surface area contributed by atoms with E-state index in [2.05, 4.69) is 10.6 Å². The maximum atomic E-state index is 13.2. The second kappa shape index (κ2) is 9.41. The number of carboxylic acids is 1. The number of carbonyl (C=O) groups excluding carboxylic acids is 1. The van der Waals surface area contributed by atoms with Gasteiger partial charge in [-0.1, -0.05) is 24.3 Å². The van der Waals surface area contributed by atoms with Crippen molar-refractivity contribution in [2.45, 2.75) is 12.7 Å². The van der Waals surface area contributed by atoms with Crippen LogP contribution in [-0.2, 0) is 12.7 Å². The standard InChI is InChI=1S/C25H20F3N3O4/c1-35-22-12-16(23(32)33)6-7-17(22)14-31-11-10-15-8-9-18(13-21(15)31)29-24(34)30-20-5-3-2-4-19(20)25(26,27)28/h2-13H,14H2,1H3,(H,32,33)(H2,29,30,34). The number of anilines is 2. The molecule has 0 atom stereocenters. The molecule has 0 saturated heterocycles. The predicted octanol–water partition coefficient (Wildman–Crippen LogP) is 6.06. The third-order valence-electron chi connectivity index (χ3n) is 5.39. The molecule has 180 valence electrons. The number of rotatable bonds is 6. The number of nitrogens with one attached hydrogen (secondary N) is 2. The molecule has 2 amide bonds. The Morgan fingerprint density at radius 3 is 2.49 bits per heavy atom. The summed E-state index contributed by atoms with van der Waals surface area (Å²) in [6.45, 7) is 0.362. The normalized spacial score (nSPS) is 11.3. The maximum absolute atomic E-state index is 13.2. The van der Waals surface area contributed by atoms with Gasteiger partial charge in [-0.05, 0) is 47.9 Å². The van der Waals surface area contributed by atoms with Gasteiger partial charge in [0.15, 0.2) is 0 Å². The monoisotopic (exact) mass is 483 g/mol. The number of ether oxygens (including phenoxy) is 1. The predicted molar refractivity (Wildman–Crippen MR) is 125 cm³/mol. The number of hydrogen-bond donors (Lipinski definition) is 3. The lowest BCUT2D eigenvalue weighted by atomic mass is 10.1. The number of methoxy groups -OCH3 is 1. The zero-order chi connectivity index (χ0) is 25.2. The van der Waals surface area contributed by atoms with Gasteiger partial charge in [-0.2, -0.15) is 13.2 Å². The second-order valence-corrected chi connectivity index (χ2v) is 7.67. The Balaban J connectivity index is 1.56. The van der Waals surface area contributed by atoms with Crippen molar-refractivity contribution in [1.29, 1.82) is 0 Å². The van der Waals surface area contributed by atoms with Crippen LogP contribution in [-0.4, -0.2) is 28.8 Å². The molecule has 0 aliphatic carbocycles. The minimum Gasteiger partial charge on any atom is -0.496 e. The summed E-state index contributed by atoms with van der Waals surface area (Å²) < 4.78 is 46.8. The average molecular weight is 483 g/mol. The molecule has 1 aromatic heterocycles. The van der Waals surface area contributed by atoms with E-state index in [4.69, 9.17) is 4.74 Å². The lowest BCUT2D eigenvalue weighted by Gasteiger charge is -2.14. The number of para-hydroxylation sites is 1. The number of halogens is 3. The molecule has 7 nitrogen and oxygen atoms in total. The van der Waals surface area contributed by atoms with Crippen molar-refractivity contribution in [2.75, 3.05) is 17.7 Å². The Morgan fingerprint density at radius 2 is 1.77 bits per heavy atom. The zero-order valence-corrected chi connectivity index (χ0v) is 18.4. The van der Waals surface area contributed by atoms with Crippen LogP contribution in [0.4, 0.5) is 29.3 Å². The number of hydrogen-bond acceptors (Lipinski definition) is 3. The Hall–Kier alpha value is -4.47. The highest BCUT2D eigenvalue weighted by molar-refractivity contribution is 6.01. The first-order chi connectivity index (χ1) is 16.7. The third kappa shape index (κ3) is 5.21. The summed E-state index contributed by atoms with van der Waals surface area (Å²) in [6.07, 6.45) is -2.77. The van der Waals surface area contributed by atoms with Gasteiger partial charge in [0.1, 0.15) is 5.75 Å². The van der Waals surface area contributed by atoms with Crippen LogP contribution in [0, 0.1) is 0 Å². The fraction of sp³-hybridized carbons (Fsp3) is 0.120. The molecular formula is C25H20F3N3O4. The van der Waals surface area contributed by atoms with Crippen molar-refractivity contribution in [3.8, 4) is 5.75 Å². The molecule has 35 heavy (non-hydrogen) atoms. The number of amides is 2. The van der Waals surface area contributed by atoms with E-state index in [1.165, 1.54) is 37.4 Å². The van der Waals surface area contributed by atoms with E-state index in [1.807, 2.05) is 16.8 Å². The summed E-state index contributed by atoms with van der Waals surface area (Å²) in [5.41, 5.74) is 0.694.